The molecule has 0 radical (unpaired) electrons. The lowest BCUT2D eigenvalue weighted by Crippen LogP contribution is -2.33. The van der Waals surface area contributed by atoms with E-state index in [9.17, 15) is 4.79 Å². The molecule has 3 heteroatoms. The van der Waals surface area contributed by atoms with Crippen molar-refractivity contribution in [1.82, 2.24) is 4.90 Å². The number of amides is 1. The average molecular weight is 157 g/mol. The Morgan fingerprint density at radius 2 is 2.55 bits per heavy atom. The highest BCUT2D eigenvalue weighted by Crippen LogP contribution is 2.14. The summed E-state index contributed by atoms with van der Waals surface area (Å²) in [4.78, 5) is 12.3. The molecule has 1 saturated heterocycles. The van der Waals surface area contributed by atoms with Crippen LogP contribution in [0.15, 0.2) is 0 Å². The zero-order chi connectivity index (χ0) is 8.10. The summed E-state index contributed by atoms with van der Waals surface area (Å²) in [5.74, 6) is 0. The molecule has 1 aliphatic heterocycles. The Labute approximate surface area is 67.3 Å². The molecular formula is C8H15NO2. The summed E-state index contributed by atoms with van der Waals surface area (Å²) in [7, 11) is 0. The lowest BCUT2D eigenvalue weighted by molar-refractivity contribution is -0.128. The number of carbonyl (C=O) groups excluding carboxylic acids is 1. The summed E-state index contributed by atoms with van der Waals surface area (Å²) in [6.07, 6.45) is 4.03. The van der Waals surface area contributed by atoms with Crippen LogP contribution in [-0.4, -0.2) is 30.7 Å². The van der Waals surface area contributed by atoms with E-state index in [1.165, 1.54) is 0 Å². The fraction of sp³-hybridized carbons (Fsp3) is 0.875. The molecule has 3 nitrogen and oxygen atoms in total. The minimum absolute atomic E-state index is 0.0625. The van der Waals surface area contributed by atoms with Gasteiger partial charge in [-0.2, -0.15) is 0 Å². The van der Waals surface area contributed by atoms with Gasteiger partial charge in [0, 0.05) is 13.2 Å². The van der Waals surface area contributed by atoms with Crippen LogP contribution in [0.1, 0.15) is 26.2 Å². The smallest absolute Gasteiger partial charge is 0.211 e. The first-order valence-corrected chi connectivity index (χ1v) is 4.21. The number of hydrogen-bond acceptors (Lipinski definition) is 2. The van der Waals surface area contributed by atoms with Crippen molar-refractivity contribution < 1.29 is 9.53 Å². The Morgan fingerprint density at radius 3 is 3.00 bits per heavy atom. The number of nitrogens with zero attached hydrogens (tertiary/aromatic N) is 1. The van der Waals surface area contributed by atoms with E-state index in [1.54, 1.807) is 4.90 Å². The van der Waals surface area contributed by atoms with Crippen molar-refractivity contribution in [2.45, 2.75) is 32.4 Å². The molecule has 1 atom stereocenters. The van der Waals surface area contributed by atoms with Gasteiger partial charge in [0.1, 0.15) is 6.23 Å². The van der Waals surface area contributed by atoms with Gasteiger partial charge in [-0.1, -0.05) is 6.92 Å². The van der Waals surface area contributed by atoms with E-state index in [0.29, 0.717) is 0 Å². The van der Waals surface area contributed by atoms with E-state index in [0.717, 1.165) is 38.8 Å². The Kier molecular flexibility index (Phi) is 3.36. The van der Waals surface area contributed by atoms with Gasteiger partial charge in [-0.15, -0.1) is 0 Å². The molecule has 1 heterocycles. The fourth-order valence-corrected chi connectivity index (χ4v) is 1.34. The molecular weight excluding hydrogens is 142 g/mol. The summed E-state index contributed by atoms with van der Waals surface area (Å²) in [5.41, 5.74) is 0. The monoisotopic (exact) mass is 157 g/mol. The Morgan fingerprint density at radius 1 is 1.73 bits per heavy atom. The SMILES string of the molecule is CCCN(C=O)C1CCCO1. The average Bonchev–Trinajstić information content (AvgIpc) is 2.52. The lowest BCUT2D eigenvalue weighted by atomic mass is 10.3. The van der Waals surface area contributed by atoms with Crippen LogP contribution in [0.25, 0.3) is 0 Å². The molecule has 1 rings (SSSR count). The van der Waals surface area contributed by atoms with Crippen molar-refractivity contribution in [2.24, 2.45) is 0 Å². The first-order chi connectivity index (χ1) is 5.38. The third kappa shape index (κ3) is 2.19. The van der Waals surface area contributed by atoms with Crippen LogP contribution < -0.4 is 0 Å². The highest BCUT2D eigenvalue weighted by atomic mass is 16.5. The third-order valence-corrected chi connectivity index (χ3v) is 1.89. The summed E-state index contributed by atoms with van der Waals surface area (Å²) < 4.78 is 5.35. The van der Waals surface area contributed by atoms with Crippen molar-refractivity contribution in [3.63, 3.8) is 0 Å². The van der Waals surface area contributed by atoms with E-state index in [1.807, 2.05) is 0 Å². The van der Waals surface area contributed by atoms with Crippen molar-refractivity contribution in [3.8, 4) is 0 Å². The Hall–Kier alpha value is -0.570. The van der Waals surface area contributed by atoms with E-state index in [-0.39, 0.29) is 6.23 Å². The van der Waals surface area contributed by atoms with Gasteiger partial charge in [-0.05, 0) is 19.3 Å². The summed E-state index contributed by atoms with van der Waals surface area (Å²) in [6.45, 7) is 3.68. The van der Waals surface area contributed by atoms with Gasteiger partial charge in [-0.25, -0.2) is 0 Å². The normalized spacial score (nSPS) is 23.5. The van der Waals surface area contributed by atoms with Gasteiger partial charge < -0.3 is 9.64 Å². The maximum atomic E-state index is 10.5. The van der Waals surface area contributed by atoms with Crippen LogP contribution in [0.4, 0.5) is 0 Å². The van der Waals surface area contributed by atoms with Crippen LogP contribution >= 0.6 is 0 Å². The number of ether oxygens (including phenoxy) is 1. The summed E-state index contributed by atoms with van der Waals surface area (Å²) in [5, 5.41) is 0. The molecule has 1 aliphatic rings. The highest BCUT2D eigenvalue weighted by Gasteiger charge is 2.20. The highest BCUT2D eigenvalue weighted by molar-refractivity contribution is 5.47. The number of carbonyl (C=O) groups is 1. The van der Waals surface area contributed by atoms with E-state index >= 15 is 0 Å². The molecule has 0 saturated carbocycles. The lowest BCUT2D eigenvalue weighted by Gasteiger charge is -2.22. The molecule has 0 aliphatic carbocycles. The first kappa shape index (κ1) is 8.53. The van der Waals surface area contributed by atoms with Crippen LogP contribution in [0.3, 0.4) is 0 Å². The minimum atomic E-state index is 0.0625. The van der Waals surface area contributed by atoms with E-state index < -0.39 is 0 Å². The molecule has 1 unspecified atom stereocenters. The van der Waals surface area contributed by atoms with Gasteiger partial charge in [0.25, 0.3) is 0 Å². The van der Waals surface area contributed by atoms with E-state index in [4.69, 9.17) is 4.74 Å². The molecule has 64 valence electrons. The van der Waals surface area contributed by atoms with Crippen LogP contribution in [0.2, 0.25) is 0 Å². The zero-order valence-corrected chi connectivity index (χ0v) is 6.95. The Bertz CT molecular complexity index is 121. The van der Waals surface area contributed by atoms with Crippen LogP contribution in [-0.2, 0) is 9.53 Å². The molecule has 1 fully saturated rings. The molecule has 0 aromatic heterocycles. The fourth-order valence-electron chi connectivity index (χ4n) is 1.34. The van der Waals surface area contributed by atoms with Gasteiger partial charge in [0.2, 0.25) is 6.41 Å². The largest absolute Gasteiger partial charge is 0.358 e. The topological polar surface area (TPSA) is 29.5 Å². The maximum absolute atomic E-state index is 10.5. The summed E-state index contributed by atoms with van der Waals surface area (Å²) >= 11 is 0. The maximum Gasteiger partial charge on any atom is 0.211 e. The third-order valence-electron chi connectivity index (χ3n) is 1.89. The molecule has 11 heavy (non-hydrogen) atoms. The van der Waals surface area contributed by atoms with Crippen molar-refractivity contribution in [1.29, 1.82) is 0 Å². The molecule has 0 aromatic rings. The quantitative estimate of drug-likeness (QED) is 0.569. The second-order valence-corrected chi connectivity index (χ2v) is 2.81. The molecule has 0 spiro atoms. The molecule has 0 bridgehead atoms. The van der Waals surface area contributed by atoms with Gasteiger partial charge in [0.05, 0.1) is 0 Å². The van der Waals surface area contributed by atoms with Crippen molar-refractivity contribution in [2.75, 3.05) is 13.2 Å². The first-order valence-electron chi connectivity index (χ1n) is 4.21. The van der Waals surface area contributed by atoms with Gasteiger partial charge >= 0.3 is 0 Å². The second kappa shape index (κ2) is 4.34. The van der Waals surface area contributed by atoms with Crippen LogP contribution in [0, 0.1) is 0 Å². The van der Waals surface area contributed by atoms with E-state index in [2.05, 4.69) is 6.92 Å². The van der Waals surface area contributed by atoms with Gasteiger partial charge in [0.15, 0.2) is 0 Å². The molecule has 1 amide bonds. The molecule has 0 N–H and O–H groups in total. The minimum Gasteiger partial charge on any atom is -0.358 e. The van der Waals surface area contributed by atoms with Crippen LogP contribution in [0.5, 0.6) is 0 Å². The zero-order valence-electron chi connectivity index (χ0n) is 6.95. The predicted octanol–water partition coefficient (Wildman–Crippen LogP) is 0.991. The summed E-state index contributed by atoms with van der Waals surface area (Å²) in [6, 6.07) is 0. The number of rotatable bonds is 4. The predicted molar refractivity (Wildman–Crippen MR) is 42.0 cm³/mol. The molecule has 0 aromatic carbocycles. The standard InChI is InChI=1S/C8H15NO2/c1-2-5-9(7-10)8-4-3-6-11-8/h7-8H,2-6H2,1H3. The Balaban J connectivity index is 2.33. The van der Waals surface area contributed by atoms with Gasteiger partial charge in [-0.3, -0.25) is 4.79 Å². The van der Waals surface area contributed by atoms with Crippen molar-refractivity contribution in [3.05, 3.63) is 0 Å². The number of hydrogen-bond donors (Lipinski definition) is 0. The second-order valence-electron chi connectivity index (χ2n) is 2.81. The van der Waals surface area contributed by atoms with Crippen molar-refractivity contribution >= 4 is 6.41 Å².